The van der Waals surface area contributed by atoms with Gasteiger partial charge in [-0.15, -0.1) is 11.3 Å². The van der Waals surface area contributed by atoms with Gasteiger partial charge in [-0.25, -0.2) is 4.79 Å². The molecule has 2 aromatic heterocycles. The fraction of sp³-hybridized carbons (Fsp3) is 0.480. The Labute approximate surface area is 193 Å². The number of hydrogen-bond donors (Lipinski definition) is 2. The summed E-state index contributed by atoms with van der Waals surface area (Å²) in [6.45, 7) is 5.28. The first-order chi connectivity index (χ1) is 15.6. The molecule has 0 radical (unpaired) electrons. The maximum atomic E-state index is 12.7. The van der Waals surface area contributed by atoms with Crippen molar-refractivity contribution in [2.45, 2.75) is 65.2 Å². The smallest absolute Gasteiger partial charge is 0.349 e. The molecule has 3 rings (SSSR count). The number of hydrogen-bond acceptors (Lipinski definition) is 6. The monoisotopic (exact) mass is 455 g/mol. The molecule has 0 aliphatic carbocycles. The average Bonchev–Trinajstić information content (AvgIpc) is 3.13. The van der Waals surface area contributed by atoms with Crippen LogP contribution in [0.3, 0.4) is 0 Å². The number of fused-ring (bicyclic) bond motifs is 1. The normalized spacial score (nSPS) is 11.1. The molecular formula is C25H33N3O3S. The molecule has 0 saturated carbocycles. The largest absolute Gasteiger partial charge is 0.389 e. The lowest BCUT2D eigenvalue weighted by Gasteiger charge is -2.04. The van der Waals surface area contributed by atoms with Gasteiger partial charge in [0.05, 0.1) is 4.88 Å². The fourth-order valence-electron chi connectivity index (χ4n) is 3.68. The van der Waals surface area contributed by atoms with Gasteiger partial charge in [0.1, 0.15) is 10.2 Å². The van der Waals surface area contributed by atoms with Crippen LogP contribution in [0.25, 0.3) is 10.2 Å². The minimum atomic E-state index is -0.447. The minimum Gasteiger partial charge on any atom is -0.389 e. The zero-order chi connectivity index (χ0) is 22.8. The van der Waals surface area contributed by atoms with E-state index in [9.17, 15) is 9.59 Å². The van der Waals surface area contributed by atoms with Gasteiger partial charge in [-0.2, -0.15) is 4.98 Å². The van der Waals surface area contributed by atoms with Crippen LogP contribution < -0.4 is 16.3 Å². The van der Waals surface area contributed by atoms with Crippen molar-refractivity contribution in [3.8, 4) is 0 Å². The molecule has 0 saturated heterocycles. The molecule has 7 heteroatoms. The van der Waals surface area contributed by atoms with E-state index in [1.807, 2.05) is 18.2 Å². The predicted octanol–water partition coefficient (Wildman–Crippen LogP) is 5.69. The average molecular weight is 456 g/mol. The van der Waals surface area contributed by atoms with E-state index in [1.54, 1.807) is 6.92 Å². The summed E-state index contributed by atoms with van der Waals surface area (Å²) in [4.78, 5) is 30.7. The van der Waals surface area contributed by atoms with Gasteiger partial charge in [0.2, 0.25) is 0 Å². The zero-order valence-electron chi connectivity index (χ0n) is 19.0. The molecule has 0 aliphatic heterocycles. The molecule has 2 N–H and O–H groups in total. The van der Waals surface area contributed by atoms with E-state index >= 15 is 0 Å². The van der Waals surface area contributed by atoms with Crippen molar-refractivity contribution in [1.29, 1.82) is 0 Å². The molecule has 172 valence electrons. The molecule has 0 bridgehead atoms. The van der Waals surface area contributed by atoms with E-state index in [2.05, 4.69) is 34.7 Å². The summed E-state index contributed by atoms with van der Waals surface area (Å²) >= 11 is 1.24. The van der Waals surface area contributed by atoms with Crippen molar-refractivity contribution < 1.29 is 9.21 Å². The first-order valence-corrected chi connectivity index (χ1v) is 12.4. The summed E-state index contributed by atoms with van der Waals surface area (Å²) in [7, 11) is 0. The van der Waals surface area contributed by atoms with Gasteiger partial charge in [0, 0.05) is 13.1 Å². The third-order valence-corrected chi connectivity index (χ3v) is 6.69. The van der Waals surface area contributed by atoms with Crippen LogP contribution in [0.1, 0.15) is 72.7 Å². The number of aryl methyl sites for hydroxylation is 2. The maximum absolute atomic E-state index is 12.7. The lowest BCUT2D eigenvalue weighted by Crippen LogP contribution is -2.24. The number of thiophene rings is 1. The molecule has 3 aromatic rings. The summed E-state index contributed by atoms with van der Waals surface area (Å²) in [5, 5.41) is 6.47. The van der Waals surface area contributed by atoms with Crippen LogP contribution in [0.2, 0.25) is 0 Å². The molecule has 0 spiro atoms. The van der Waals surface area contributed by atoms with E-state index < -0.39 is 5.63 Å². The Bertz CT molecular complexity index is 1060. The van der Waals surface area contributed by atoms with Crippen LogP contribution in [-0.2, 0) is 6.42 Å². The standard InChI is InChI=1S/C25H33N3O3S/c1-3-4-5-6-7-11-16-27-25-28-23-20(24(30)31-25)18(2)21(32-23)22(29)26-17-12-15-19-13-9-8-10-14-19/h8-10,13-14H,3-7,11-12,15-17H2,1-2H3,(H,26,29)(H,27,28). The van der Waals surface area contributed by atoms with Crippen LogP contribution >= 0.6 is 11.3 Å². The third-order valence-electron chi connectivity index (χ3n) is 5.51. The number of anilines is 1. The fourth-order valence-corrected chi connectivity index (χ4v) is 4.76. The lowest BCUT2D eigenvalue weighted by molar-refractivity contribution is 0.0957. The van der Waals surface area contributed by atoms with Crippen molar-refractivity contribution in [1.82, 2.24) is 10.3 Å². The summed E-state index contributed by atoms with van der Waals surface area (Å²) in [5.74, 6) is -0.167. The van der Waals surface area contributed by atoms with Gasteiger partial charge >= 0.3 is 5.63 Å². The zero-order valence-corrected chi connectivity index (χ0v) is 19.9. The van der Waals surface area contributed by atoms with E-state index in [-0.39, 0.29) is 11.9 Å². The summed E-state index contributed by atoms with van der Waals surface area (Å²) < 4.78 is 5.35. The number of carbonyl (C=O) groups is 1. The number of nitrogens with one attached hydrogen (secondary N) is 2. The summed E-state index contributed by atoms with van der Waals surface area (Å²) in [6, 6.07) is 10.4. The summed E-state index contributed by atoms with van der Waals surface area (Å²) in [5.41, 5.74) is 1.44. The Hall–Kier alpha value is -2.67. The van der Waals surface area contributed by atoms with Crippen molar-refractivity contribution in [2.75, 3.05) is 18.4 Å². The van der Waals surface area contributed by atoms with E-state index in [0.29, 0.717) is 33.7 Å². The van der Waals surface area contributed by atoms with Gasteiger partial charge in [0.15, 0.2) is 0 Å². The van der Waals surface area contributed by atoms with Crippen LogP contribution in [-0.4, -0.2) is 24.0 Å². The number of rotatable bonds is 13. The highest BCUT2D eigenvalue weighted by molar-refractivity contribution is 7.20. The Morgan fingerprint density at radius 2 is 1.78 bits per heavy atom. The highest BCUT2D eigenvalue weighted by Crippen LogP contribution is 2.28. The topological polar surface area (TPSA) is 84.2 Å². The van der Waals surface area contributed by atoms with Gasteiger partial charge in [-0.1, -0.05) is 69.4 Å². The Kier molecular flexibility index (Phi) is 9.28. The van der Waals surface area contributed by atoms with E-state index in [0.717, 1.165) is 25.7 Å². The molecule has 0 fully saturated rings. The van der Waals surface area contributed by atoms with Gasteiger partial charge in [0.25, 0.3) is 11.9 Å². The molecular weight excluding hydrogens is 422 g/mol. The Morgan fingerprint density at radius 1 is 1.03 bits per heavy atom. The number of amides is 1. The number of carbonyl (C=O) groups excluding carboxylic acids is 1. The third kappa shape index (κ3) is 6.66. The second-order valence-corrected chi connectivity index (χ2v) is 9.08. The van der Waals surface area contributed by atoms with Crippen molar-refractivity contribution >= 4 is 33.5 Å². The van der Waals surface area contributed by atoms with Crippen LogP contribution in [0.15, 0.2) is 39.5 Å². The molecule has 0 aliphatic rings. The minimum absolute atomic E-state index is 0.167. The molecule has 2 heterocycles. The Morgan fingerprint density at radius 3 is 2.56 bits per heavy atom. The van der Waals surface area contributed by atoms with Crippen molar-refractivity contribution in [3.63, 3.8) is 0 Å². The number of nitrogens with zero attached hydrogens (tertiary/aromatic N) is 1. The number of benzene rings is 1. The first-order valence-electron chi connectivity index (χ1n) is 11.6. The lowest BCUT2D eigenvalue weighted by atomic mass is 10.1. The predicted molar refractivity (Wildman–Crippen MR) is 132 cm³/mol. The molecule has 1 aromatic carbocycles. The second-order valence-electron chi connectivity index (χ2n) is 8.08. The van der Waals surface area contributed by atoms with E-state index in [4.69, 9.17) is 4.42 Å². The highest BCUT2D eigenvalue weighted by atomic mass is 32.1. The van der Waals surface area contributed by atoms with Crippen molar-refractivity contribution in [3.05, 3.63) is 56.8 Å². The molecule has 6 nitrogen and oxygen atoms in total. The van der Waals surface area contributed by atoms with Crippen LogP contribution in [0.5, 0.6) is 0 Å². The van der Waals surface area contributed by atoms with Gasteiger partial charge in [-0.3, -0.25) is 4.79 Å². The van der Waals surface area contributed by atoms with E-state index in [1.165, 1.54) is 42.6 Å². The van der Waals surface area contributed by atoms with Crippen LogP contribution in [0, 0.1) is 6.92 Å². The quantitative estimate of drug-likeness (QED) is 0.323. The van der Waals surface area contributed by atoms with Gasteiger partial charge in [-0.05, 0) is 37.3 Å². The molecule has 1 amide bonds. The second kappa shape index (κ2) is 12.4. The molecule has 0 unspecified atom stereocenters. The first kappa shape index (κ1) is 24.0. The van der Waals surface area contributed by atoms with Gasteiger partial charge < -0.3 is 15.1 Å². The van der Waals surface area contributed by atoms with Crippen molar-refractivity contribution in [2.24, 2.45) is 0 Å². The van der Waals surface area contributed by atoms with Crippen LogP contribution in [0.4, 0.5) is 6.01 Å². The number of aromatic nitrogens is 1. The summed E-state index contributed by atoms with van der Waals surface area (Å²) in [6.07, 6.45) is 8.92. The maximum Gasteiger partial charge on any atom is 0.349 e. The Balaban J connectivity index is 1.54. The molecule has 0 atom stereocenters. The molecule has 32 heavy (non-hydrogen) atoms. The SMILES string of the molecule is CCCCCCCCNc1nc2sc(C(=O)NCCCc3ccccc3)c(C)c2c(=O)o1. The highest BCUT2D eigenvalue weighted by Gasteiger charge is 2.20. The number of unbranched alkanes of at least 4 members (excludes halogenated alkanes) is 5.